The molecule has 134 valence electrons. The first-order valence-electron chi connectivity index (χ1n) is 8.56. The van der Waals surface area contributed by atoms with Crippen LogP contribution < -0.4 is 10.6 Å². The highest BCUT2D eigenvalue weighted by Crippen LogP contribution is 2.29. The van der Waals surface area contributed by atoms with Crippen LogP contribution in [0.1, 0.15) is 51.3 Å². The first-order valence-corrected chi connectivity index (χ1v) is 8.56. The summed E-state index contributed by atoms with van der Waals surface area (Å²) in [4.78, 5) is 16.3. The van der Waals surface area contributed by atoms with Crippen LogP contribution >= 0.6 is 0 Å². The van der Waals surface area contributed by atoms with Crippen molar-refractivity contribution in [2.24, 2.45) is 0 Å². The monoisotopic (exact) mass is 344 g/mol. The summed E-state index contributed by atoms with van der Waals surface area (Å²) in [6.45, 7) is 3.36. The SMILES string of the molecule is CC(C)(O)c1cn([C@@H]2CCCC[C@@H]2NC(=O)Nc2cccnc2)nn1. The van der Waals surface area contributed by atoms with E-state index in [-0.39, 0.29) is 18.1 Å². The normalized spacial score (nSPS) is 20.9. The van der Waals surface area contributed by atoms with Gasteiger partial charge in [-0.25, -0.2) is 9.48 Å². The van der Waals surface area contributed by atoms with Crippen molar-refractivity contribution in [2.45, 2.75) is 57.2 Å². The number of aromatic nitrogens is 4. The van der Waals surface area contributed by atoms with Gasteiger partial charge in [0.25, 0.3) is 0 Å². The standard InChI is InChI=1S/C17H24N6O2/c1-17(2,25)15-11-23(22-21-15)14-8-4-3-7-13(14)20-16(24)19-12-6-5-9-18-10-12/h5-6,9-11,13-14,25H,3-4,7-8H2,1-2H3,(H2,19,20,24)/t13-,14+/m0/s1. The lowest BCUT2D eigenvalue weighted by Crippen LogP contribution is -2.45. The number of rotatable bonds is 4. The zero-order chi connectivity index (χ0) is 17.9. The van der Waals surface area contributed by atoms with E-state index in [0.717, 1.165) is 25.7 Å². The first kappa shape index (κ1) is 17.3. The molecule has 1 aliphatic rings. The number of urea groups is 1. The van der Waals surface area contributed by atoms with Crippen molar-refractivity contribution >= 4 is 11.7 Å². The molecule has 2 aromatic rings. The quantitative estimate of drug-likeness (QED) is 0.788. The molecule has 0 saturated heterocycles. The second-order valence-corrected chi connectivity index (χ2v) is 6.94. The predicted octanol–water partition coefficient (Wildman–Crippen LogP) is 2.21. The Hall–Kier alpha value is -2.48. The highest BCUT2D eigenvalue weighted by molar-refractivity contribution is 5.89. The Morgan fingerprint density at radius 3 is 2.84 bits per heavy atom. The largest absolute Gasteiger partial charge is 0.384 e. The Labute approximate surface area is 146 Å². The third kappa shape index (κ3) is 4.33. The van der Waals surface area contributed by atoms with Crippen molar-refractivity contribution in [1.29, 1.82) is 0 Å². The van der Waals surface area contributed by atoms with Gasteiger partial charge in [-0.1, -0.05) is 18.1 Å². The average Bonchev–Trinajstić information content (AvgIpc) is 3.06. The maximum Gasteiger partial charge on any atom is 0.319 e. The second-order valence-electron chi connectivity index (χ2n) is 6.94. The molecule has 0 aromatic carbocycles. The van der Waals surface area contributed by atoms with Gasteiger partial charge in [-0.2, -0.15) is 0 Å². The highest BCUT2D eigenvalue weighted by Gasteiger charge is 2.30. The molecule has 2 heterocycles. The summed E-state index contributed by atoms with van der Waals surface area (Å²) in [5, 5.41) is 24.1. The van der Waals surface area contributed by atoms with E-state index in [1.807, 2.05) is 0 Å². The van der Waals surface area contributed by atoms with E-state index in [4.69, 9.17) is 0 Å². The fourth-order valence-corrected chi connectivity index (χ4v) is 3.09. The Kier molecular flexibility index (Phi) is 4.98. The molecule has 25 heavy (non-hydrogen) atoms. The third-order valence-electron chi connectivity index (χ3n) is 4.44. The van der Waals surface area contributed by atoms with Gasteiger partial charge in [0.2, 0.25) is 0 Å². The second kappa shape index (κ2) is 7.18. The number of nitrogens with one attached hydrogen (secondary N) is 2. The number of hydrogen-bond acceptors (Lipinski definition) is 5. The maximum atomic E-state index is 12.3. The van der Waals surface area contributed by atoms with E-state index in [9.17, 15) is 9.90 Å². The Balaban J connectivity index is 1.68. The molecule has 0 unspecified atom stereocenters. The lowest BCUT2D eigenvalue weighted by molar-refractivity contribution is 0.0736. The number of hydrogen-bond donors (Lipinski definition) is 3. The van der Waals surface area contributed by atoms with Crippen LogP contribution in [0.15, 0.2) is 30.7 Å². The summed E-state index contributed by atoms with van der Waals surface area (Å²) >= 11 is 0. The van der Waals surface area contributed by atoms with Crippen molar-refractivity contribution in [1.82, 2.24) is 25.3 Å². The summed E-state index contributed by atoms with van der Waals surface area (Å²) in [6.07, 6.45) is 8.95. The van der Waals surface area contributed by atoms with Crippen LogP contribution in [0.2, 0.25) is 0 Å². The molecular formula is C17H24N6O2. The van der Waals surface area contributed by atoms with E-state index in [2.05, 4.69) is 25.9 Å². The van der Waals surface area contributed by atoms with E-state index in [0.29, 0.717) is 11.4 Å². The minimum absolute atomic E-state index is 0.0250. The molecule has 1 fully saturated rings. The van der Waals surface area contributed by atoms with Crippen molar-refractivity contribution in [3.63, 3.8) is 0 Å². The fourth-order valence-electron chi connectivity index (χ4n) is 3.09. The summed E-state index contributed by atoms with van der Waals surface area (Å²) in [5.41, 5.74) is 0.141. The molecule has 0 bridgehead atoms. The molecule has 3 N–H and O–H groups in total. The Morgan fingerprint density at radius 1 is 1.36 bits per heavy atom. The van der Waals surface area contributed by atoms with Gasteiger partial charge in [0.05, 0.1) is 30.2 Å². The lowest BCUT2D eigenvalue weighted by Gasteiger charge is -2.32. The third-order valence-corrected chi connectivity index (χ3v) is 4.44. The Bertz CT molecular complexity index is 709. The van der Waals surface area contributed by atoms with Gasteiger partial charge in [0.15, 0.2) is 0 Å². The zero-order valence-electron chi connectivity index (χ0n) is 14.5. The van der Waals surface area contributed by atoms with Gasteiger partial charge in [0.1, 0.15) is 11.3 Å². The lowest BCUT2D eigenvalue weighted by atomic mass is 9.90. The van der Waals surface area contributed by atoms with Crippen LogP contribution in [0.5, 0.6) is 0 Å². The van der Waals surface area contributed by atoms with Crippen LogP contribution in [-0.2, 0) is 5.60 Å². The van der Waals surface area contributed by atoms with Gasteiger partial charge in [-0.05, 0) is 38.8 Å². The van der Waals surface area contributed by atoms with Crippen LogP contribution in [0.3, 0.4) is 0 Å². The number of carbonyl (C=O) groups is 1. The topological polar surface area (TPSA) is 105 Å². The number of carbonyl (C=O) groups excluding carboxylic acids is 1. The molecule has 1 aliphatic carbocycles. The average molecular weight is 344 g/mol. The van der Waals surface area contributed by atoms with Gasteiger partial charge in [-0.15, -0.1) is 5.10 Å². The smallest absolute Gasteiger partial charge is 0.319 e. The summed E-state index contributed by atoms with van der Waals surface area (Å²) in [7, 11) is 0. The number of aliphatic hydroxyl groups is 1. The molecule has 2 aromatic heterocycles. The van der Waals surface area contributed by atoms with Crippen molar-refractivity contribution in [3.8, 4) is 0 Å². The summed E-state index contributed by atoms with van der Waals surface area (Å²) < 4.78 is 1.77. The van der Waals surface area contributed by atoms with Gasteiger partial charge in [-0.3, -0.25) is 4.98 Å². The van der Waals surface area contributed by atoms with Gasteiger partial charge in [0, 0.05) is 6.20 Å². The Morgan fingerprint density at radius 2 is 2.16 bits per heavy atom. The molecule has 0 aliphatic heterocycles. The molecule has 1 saturated carbocycles. The first-order chi connectivity index (χ1) is 11.9. The molecule has 2 amide bonds. The molecule has 0 spiro atoms. The molecule has 2 atom stereocenters. The molecular weight excluding hydrogens is 320 g/mol. The van der Waals surface area contributed by atoms with Crippen LogP contribution in [0.4, 0.5) is 10.5 Å². The number of amides is 2. The van der Waals surface area contributed by atoms with E-state index in [1.54, 1.807) is 49.3 Å². The van der Waals surface area contributed by atoms with Crippen molar-refractivity contribution in [3.05, 3.63) is 36.4 Å². The molecule has 8 heteroatoms. The van der Waals surface area contributed by atoms with Crippen LogP contribution in [-0.4, -0.2) is 37.2 Å². The van der Waals surface area contributed by atoms with E-state index < -0.39 is 5.60 Å². The molecule has 0 radical (unpaired) electrons. The van der Waals surface area contributed by atoms with Gasteiger partial charge >= 0.3 is 6.03 Å². The van der Waals surface area contributed by atoms with Gasteiger partial charge < -0.3 is 15.7 Å². The van der Waals surface area contributed by atoms with Crippen molar-refractivity contribution < 1.29 is 9.90 Å². The highest BCUT2D eigenvalue weighted by atomic mass is 16.3. The summed E-state index contributed by atoms with van der Waals surface area (Å²) in [5.74, 6) is 0. The molecule has 3 rings (SSSR count). The minimum Gasteiger partial charge on any atom is -0.384 e. The van der Waals surface area contributed by atoms with Crippen LogP contribution in [0.25, 0.3) is 0 Å². The van der Waals surface area contributed by atoms with Crippen molar-refractivity contribution in [2.75, 3.05) is 5.32 Å². The number of pyridine rings is 1. The fraction of sp³-hybridized carbons (Fsp3) is 0.529. The maximum absolute atomic E-state index is 12.3. The number of anilines is 1. The zero-order valence-corrected chi connectivity index (χ0v) is 14.5. The van der Waals surface area contributed by atoms with E-state index >= 15 is 0 Å². The number of nitrogens with zero attached hydrogens (tertiary/aromatic N) is 4. The van der Waals surface area contributed by atoms with Crippen LogP contribution in [0, 0.1) is 0 Å². The predicted molar refractivity (Wildman–Crippen MR) is 93.0 cm³/mol. The van der Waals surface area contributed by atoms with E-state index in [1.165, 1.54) is 0 Å². The minimum atomic E-state index is -1.03. The molecule has 8 nitrogen and oxygen atoms in total. The summed E-state index contributed by atoms with van der Waals surface area (Å²) in [6, 6.07) is 3.29.